The number of rotatable bonds is 4. The summed E-state index contributed by atoms with van der Waals surface area (Å²) in [7, 11) is 0. The number of fused-ring (bicyclic) bond motifs is 2. The molecule has 11 heteroatoms. The van der Waals surface area contributed by atoms with Gasteiger partial charge in [0.05, 0.1) is 11.1 Å². The Bertz CT molecular complexity index is 1340. The van der Waals surface area contributed by atoms with E-state index in [1.807, 2.05) is 0 Å². The first kappa shape index (κ1) is 27.3. The van der Waals surface area contributed by atoms with Gasteiger partial charge < -0.3 is 39.7 Å². The maximum Gasteiger partial charge on any atom is 0.331 e. The highest BCUT2D eigenvalue weighted by atomic mass is 16.7. The van der Waals surface area contributed by atoms with Gasteiger partial charge in [0.25, 0.3) is 0 Å². The number of aromatic hydroxyl groups is 2. The van der Waals surface area contributed by atoms with Crippen molar-refractivity contribution in [1.29, 1.82) is 0 Å². The van der Waals surface area contributed by atoms with E-state index in [2.05, 4.69) is 0 Å². The molecule has 202 valence electrons. The van der Waals surface area contributed by atoms with Crippen LogP contribution in [0.1, 0.15) is 53.4 Å². The minimum absolute atomic E-state index is 0.172. The van der Waals surface area contributed by atoms with Gasteiger partial charge in [-0.05, 0) is 38.5 Å². The van der Waals surface area contributed by atoms with Crippen molar-refractivity contribution in [3.05, 3.63) is 69.8 Å². The third-order valence-corrected chi connectivity index (χ3v) is 6.48. The Hall–Kier alpha value is -3.77. The normalized spacial score (nSPS) is 28.1. The molecular formula is C27H28O11. The van der Waals surface area contributed by atoms with Crippen molar-refractivity contribution in [2.24, 2.45) is 0 Å². The van der Waals surface area contributed by atoms with Crippen LogP contribution in [-0.4, -0.2) is 74.0 Å². The third-order valence-electron chi connectivity index (χ3n) is 6.48. The summed E-state index contributed by atoms with van der Waals surface area (Å²) >= 11 is 0. The highest BCUT2D eigenvalue weighted by molar-refractivity contribution is 6.16. The summed E-state index contributed by atoms with van der Waals surface area (Å²) in [6.45, 7) is 5.88. The minimum atomic E-state index is -2.47. The van der Waals surface area contributed by atoms with E-state index in [1.165, 1.54) is 30.3 Å². The minimum Gasteiger partial charge on any atom is -0.507 e. The zero-order valence-electron chi connectivity index (χ0n) is 21.0. The second-order valence-corrected chi connectivity index (χ2v) is 9.64. The molecule has 1 saturated heterocycles. The van der Waals surface area contributed by atoms with Crippen LogP contribution in [0.2, 0.25) is 0 Å². The molecular weight excluding hydrogens is 500 g/mol. The molecule has 0 radical (unpaired) electrons. The second kappa shape index (κ2) is 9.84. The number of ketones is 1. The molecule has 0 spiro atoms. The molecule has 5 N–H and O–H groups in total. The Morgan fingerprint density at radius 2 is 1.63 bits per heavy atom. The van der Waals surface area contributed by atoms with E-state index in [4.69, 9.17) is 14.2 Å². The number of esters is 2. The molecule has 2 aromatic carbocycles. The Morgan fingerprint density at radius 3 is 2.26 bits per heavy atom. The Labute approximate surface area is 217 Å². The van der Waals surface area contributed by atoms with Crippen LogP contribution >= 0.6 is 0 Å². The fraction of sp³-hybridized carbons (Fsp3) is 0.370. The van der Waals surface area contributed by atoms with E-state index >= 15 is 0 Å². The van der Waals surface area contributed by atoms with Gasteiger partial charge in [0.15, 0.2) is 12.2 Å². The summed E-state index contributed by atoms with van der Waals surface area (Å²) in [4.78, 5) is 37.6. The number of allylic oxidation sites excluding steroid dienone is 1. The van der Waals surface area contributed by atoms with Crippen LogP contribution in [0.15, 0.2) is 42.0 Å². The van der Waals surface area contributed by atoms with Crippen molar-refractivity contribution in [2.45, 2.75) is 64.0 Å². The van der Waals surface area contributed by atoms with Crippen molar-refractivity contribution in [2.75, 3.05) is 0 Å². The van der Waals surface area contributed by atoms with Gasteiger partial charge >= 0.3 is 11.9 Å². The number of ether oxygens (including phenoxy) is 3. The molecule has 2 aliphatic rings. The molecule has 2 aromatic rings. The lowest BCUT2D eigenvalue weighted by Gasteiger charge is -2.49. The monoisotopic (exact) mass is 528 g/mol. The SMILES string of the molecule is CC(=O)O[C@H]1O[C@H]([C@]2(O)c3cccc(O)c3C(=O)c3c(O)cc(C)cc32)[C@H](O)[C@@H](OC(=O)C=C(C)C)[C@@H]1O. The van der Waals surface area contributed by atoms with Gasteiger partial charge in [-0.25, -0.2) is 4.79 Å². The van der Waals surface area contributed by atoms with Gasteiger partial charge in [-0.1, -0.05) is 23.8 Å². The number of aliphatic hydroxyl groups is 3. The number of phenols is 2. The third kappa shape index (κ3) is 4.43. The van der Waals surface area contributed by atoms with Crippen molar-refractivity contribution < 1.29 is 54.1 Å². The van der Waals surface area contributed by atoms with Crippen LogP contribution < -0.4 is 0 Å². The smallest absolute Gasteiger partial charge is 0.331 e. The summed E-state index contributed by atoms with van der Waals surface area (Å²) in [6, 6.07) is 6.57. The number of aliphatic hydroxyl groups excluding tert-OH is 2. The van der Waals surface area contributed by atoms with Crippen molar-refractivity contribution in [3.63, 3.8) is 0 Å². The number of hydrogen-bond donors (Lipinski definition) is 5. The number of benzene rings is 2. The number of carbonyl (C=O) groups is 3. The summed E-state index contributed by atoms with van der Waals surface area (Å²) in [6.07, 6.45) is -8.10. The fourth-order valence-corrected chi connectivity index (χ4v) is 4.96. The zero-order chi connectivity index (χ0) is 28.1. The van der Waals surface area contributed by atoms with E-state index < -0.39 is 65.5 Å². The van der Waals surface area contributed by atoms with Gasteiger partial charge in [-0.2, -0.15) is 0 Å². The second-order valence-electron chi connectivity index (χ2n) is 9.64. The number of phenolic OH excluding ortho intramolecular Hbond substituents is 2. The first-order chi connectivity index (χ1) is 17.8. The number of hydrogen-bond acceptors (Lipinski definition) is 11. The number of aryl methyl sites for hydroxylation is 1. The van der Waals surface area contributed by atoms with E-state index in [1.54, 1.807) is 20.8 Å². The van der Waals surface area contributed by atoms with Gasteiger partial charge in [-0.15, -0.1) is 0 Å². The fourth-order valence-electron chi connectivity index (χ4n) is 4.96. The Morgan fingerprint density at radius 1 is 0.974 bits per heavy atom. The van der Waals surface area contributed by atoms with Gasteiger partial charge in [-0.3, -0.25) is 9.59 Å². The zero-order valence-corrected chi connectivity index (χ0v) is 21.0. The van der Waals surface area contributed by atoms with Crippen LogP contribution in [0.25, 0.3) is 0 Å². The van der Waals surface area contributed by atoms with E-state index in [0.29, 0.717) is 11.1 Å². The summed E-state index contributed by atoms with van der Waals surface area (Å²) in [5.41, 5.74) is -2.54. The molecule has 0 saturated carbocycles. The van der Waals surface area contributed by atoms with E-state index in [0.717, 1.165) is 13.0 Å². The van der Waals surface area contributed by atoms with Crippen molar-refractivity contribution >= 4 is 17.7 Å². The molecule has 0 unspecified atom stereocenters. The van der Waals surface area contributed by atoms with Crippen LogP contribution in [-0.2, 0) is 29.4 Å². The molecule has 6 atom stereocenters. The summed E-state index contributed by atoms with van der Waals surface area (Å²) in [5.74, 6) is -3.59. The maximum absolute atomic E-state index is 13.4. The van der Waals surface area contributed by atoms with Crippen LogP contribution in [0.3, 0.4) is 0 Å². The average molecular weight is 529 g/mol. The summed E-state index contributed by atoms with van der Waals surface area (Å²) in [5, 5.41) is 55.8. The van der Waals surface area contributed by atoms with Crippen molar-refractivity contribution in [3.8, 4) is 11.5 Å². The van der Waals surface area contributed by atoms with E-state index in [-0.39, 0.29) is 22.3 Å². The maximum atomic E-state index is 13.4. The first-order valence-corrected chi connectivity index (χ1v) is 11.7. The van der Waals surface area contributed by atoms with Gasteiger partial charge in [0.1, 0.15) is 29.3 Å². The van der Waals surface area contributed by atoms with Gasteiger partial charge in [0, 0.05) is 24.1 Å². The lowest BCUT2D eigenvalue weighted by atomic mass is 9.68. The first-order valence-electron chi connectivity index (χ1n) is 11.7. The topological polar surface area (TPSA) is 180 Å². The highest BCUT2D eigenvalue weighted by Crippen LogP contribution is 2.50. The quantitative estimate of drug-likeness (QED) is 0.283. The Kier molecular flexibility index (Phi) is 7.06. The molecule has 1 aliphatic carbocycles. The molecule has 1 heterocycles. The summed E-state index contributed by atoms with van der Waals surface area (Å²) < 4.78 is 16.1. The lowest BCUT2D eigenvalue weighted by Crippen LogP contribution is -2.66. The predicted molar refractivity (Wildman–Crippen MR) is 129 cm³/mol. The molecule has 1 aliphatic heterocycles. The van der Waals surface area contributed by atoms with E-state index in [9.17, 15) is 39.9 Å². The lowest BCUT2D eigenvalue weighted by molar-refractivity contribution is -0.314. The molecule has 0 bridgehead atoms. The van der Waals surface area contributed by atoms with Crippen LogP contribution in [0.5, 0.6) is 11.5 Å². The predicted octanol–water partition coefficient (Wildman–Crippen LogP) is 1.07. The largest absolute Gasteiger partial charge is 0.507 e. The Balaban J connectivity index is 1.95. The molecule has 38 heavy (non-hydrogen) atoms. The van der Waals surface area contributed by atoms with Crippen molar-refractivity contribution in [1.82, 2.24) is 0 Å². The molecule has 0 amide bonds. The average Bonchev–Trinajstić information content (AvgIpc) is 2.80. The highest BCUT2D eigenvalue weighted by Gasteiger charge is 2.60. The van der Waals surface area contributed by atoms with Crippen LogP contribution in [0.4, 0.5) is 0 Å². The molecule has 4 rings (SSSR count). The molecule has 0 aromatic heterocycles. The number of carbonyl (C=O) groups excluding carboxylic acids is 3. The molecule has 11 nitrogen and oxygen atoms in total. The standard InChI is InChI=1S/C27H28O11/c1-11(2)8-18(31)37-24-22(33)25(38-26(23(24)34)36-13(4)28)27(35)14-6-5-7-16(29)19(14)21(32)20-15(27)9-12(3)10-17(20)30/h5-10,22-26,29-30,33-35H,1-4H3/t22-,23+,24-,25+,26+,27+/m1/s1. The van der Waals surface area contributed by atoms with Crippen LogP contribution in [0, 0.1) is 6.92 Å². The molecule has 1 fully saturated rings. The van der Waals surface area contributed by atoms with Gasteiger partial charge in [0.2, 0.25) is 12.1 Å².